The summed E-state index contributed by atoms with van der Waals surface area (Å²) in [6.07, 6.45) is 1.21. The summed E-state index contributed by atoms with van der Waals surface area (Å²) >= 11 is 0. The van der Waals surface area contributed by atoms with Gasteiger partial charge in [-0.3, -0.25) is 4.79 Å². The van der Waals surface area contributed by atoms with Crippen molar-refractivity contribution in [1.82, 2.24) is 0 Å². The molecule has 3 heteroatoms. The molecule has 0 N–H and O–H groups in total. The van der Waals surface area contributed by atoms with E-state index in [4.69, 9.17) is 9.47 Å². The van der Waals surface area contributed by atoms with Gasteiger partial charge in [-0.25, -0.2) is 0 Å². The van der Waals surface area contributed by atoms with Crippen molar-refractivity contribution < 1.29 is 14.3 Å². The molecule has 3 heterocycles. The van der Waals surface area contributed by atoms with Gasteiger partial charge in [0.25, 0.3) is 0 Å². The maximum atomic E-state index is 11.5. The van der Waals surface area contributed by atoms with Gasteiger partial charge >= 0.3 is 5.97 Å². The minimum Gasteiger partial charge on any atom is -0.459 e. The summed E-state index contributed by atoms with van der Waals surface area (Å²) in [6.45, 7) is 4.07. The summed E-state index contributed by atoms with van der Waals surface area (Å²) in [4.78, 5) is 11.5. The van der Waals surface area contributed by atoms with Crippen LogP contribution in [0.15, 0.2) is 0 Å². The summed E-state index contributed by atoms with van der Waals surface area (Å²) < 4.78 is 11.0. The highest BCUT2D eigenvalue weighted by Gasteiger charge is 2.68. The second kappa shape index (κ2) is 1.69. The van der Waals surface area contributed by atoms with Crippen molar-refractivity contribution in [3.8, 4) is 0 Å². The summed E-state index contributed by atoms with van der Waals surface area (Å²) in [7, 11) is 0. The highest BCUT2D eigenvalue weighted by atomic mass is 16.6. The fourth-order valence-corrected chi connectivity index (χ4v) is 2.78. The van der Waals surface area contributed by atoms with Crippen LogP contribution in [0.5, 0.6) is 0 Å². The molecular weight excluding hydrogens is 156 g/mol. The van der Waals surface area contributed by atoms with Gasteiger partial charge in [0.1, 0.15) is 12.2 Å². The fourth-order valence-electron chi connectivity index (χ4n) is 2.78. The Labute approximate surface area is 71.0 Å². The number of ether oxygens (including phenoxy) is 2. The quantitative estimate of drug-likeness (QED) is 0.500. The first-order valence-corrected chi connectivity index (χ1v) is 4.49. The molecule has 0 spiro atoms. The number of esters is 1. The van der Waals surface area contributed by atoms with E-state index >= 15 is 0 Å². The van der Waals surface area contributed by atoms with Crippen molar-refractivity contribution in [2.24, 2.45) is 11.3 Å². The standard InChI is InChI=1S/C9H12O3/c1-4-5-3-9(2)7(11-5)6(4)12-8(9)10/h4-7H,3H2,1-2H3/t4-,5?,6?,7?,9?/m0/s1. The maximum absolute atomic E-state index is 11.5. The van der Waals surface area contributed by atoms with E-state index in [0.717, 1.165) is 6.42 Å². The van der Waals surface area contributed by atoms with Gasteiger partial charge in [0.05, 0.1) is 11.5 Å². The normalized spacial score (nSPS) is 61.0. The molecule has 3 saturated heterocycles. The molecule has 3 fully saturated rings. The average molecular weight is 168 g/mol. The Morgan fingerprint density at radius 2 is 2.33 bits per heavy atom. The zero-order valence-electron chi connectivity index (χ0n) is 7.24. The number of hydrogen-bond donors (Lipinski definition) is 0. The molecule has 3 aliphatic rings. The molecule has 0 aromatic carbocycles. The minimum absolute atomic E-state index is 0.0428. The van der Waals surface area contributed by atoms with Crippen molar-refractivity contribution in [3.05, 3.63) is 0 Å². The van der Waals surface area contributed by atoms with Crippen molar-refractivity contribution in [1.29, 1.82) is 0 Å². The Morgan fingerprint density at radius 3 is 2.92 bits per heavy atom. The van der Waals surface area contributed by atoms with Gasteiger partial charge in [-0.2, -0.15) is 0 Å². The van der Waals surface area contributed by atoms with Crippen LogP contribution in [0.25, 0.3) is 0 Å². The third-order valence-corrected chi connectivity index (χ3v) is 3.69. The van der Waals surface area contributed by atoms with Crippen molar-refractivity contribution in [3.63, 3.8) is 0 Å². The number of carbonyl (C=O) groups is 1. The van der Waals surface area contributed by atoms with E-state index in [1.165, 1.54) is 0 Å². The molecule has 5 atom stereocenters. The van der Waals surface area contributed by atoms with Gasteiger partial charge in [-0.1, -0.05) is 6.92 Å². The molecule has 66 valence electrons. The van der Waals surface area contributed by atoms with Crippen LogP contribution in [0.1, 0.15) is 20.3 Å². The lowest BCUT2D eigenvalue weighted by Gasteiger charge is -2.22. The molecule has 0 amide bonds. The van der Waals surface area contributed by atoms with Crippen LogP contribution in [-0.2, 0) is 14.3 Å². The molecule has 0 aromatic heterocycles. The van der Waals surface area contributed by atoms with Crippen molar-refractivity contribution in [2.45, 2.75) is 38.6 Å². The van der Waals surface area contributed by atoms with Crippen LogP contribution < -0.4 is 0 Å². The van der Waals surface area contributed by atoms with Crippen LogP contribution in [0.3, 0.4) is 0 Å². The first kappa shape index (κ1) is 6.89. The Morgan fingerprint density at radius 1 is 1.58 bits per heavy atom. The van der Waals surface area contributed by atoms with E-state index in [1.54, 1.807) is 0 Å². The molecule has 4 unspecified atom stereocenters. The van der Waals surface area contributed by atoms with E-state index in [1.807, 2.05) is 6.92 Å². The van der Waals surface area contributed by atoms with E-state index in [0.29, 0.717) is 5.92 Å². The minimum atomic E-state index is -0.318. The largest absolute Gasteiger partial charge is 0.459 e. The second-order valence-corrected chi connectivity index (χ2v) is 4.45. The van der Waals surface area contributed by atoms with Crippen LogP contribution in [-0.4, -0.2) is 24.3 Å². The smallest absolute Gasteiger partial charge is 0.315 e. The molecule has 2 bridgehead atoms. The predicted molar refractivity (Wildman–Crippen MR) is 40.4 cm³/mol. The molecule has 0 saturated carbocycles. The highest BCUT2D eigenvalue weighted by Crippen LogP contribution is 2.56. The van der Waals surface area contributed by atoms with E-state index in [2.05, 4.69) is 6.92 Å². The Balaban J connectivity index is 2.09. The number of fused-ring (bicyclic) bond motifs is 1. The number of rotatable bonds is 0. The van der Waals surface area contributed by atoms with Crippen LogP contribution >= 0.6 is 0 Å². The molecule has 0 radical (unpaired) electrons. The van der Waals surface area contributed by atoms with Gasteiger partial charge in [0.15, 0.2) is 0 Å². The van der Waals surface area contributed by atoms with Gasteiger partial charge < -0.3 is 9.47 Å². The van der Waals surface area contributed by atoms with Crippen LogP contribution in [0.2, 0.25) is 0 Å². The summed E-state index contributed by atoms with van der Waals surface area (Å²) in [5.41, 5.74) is -0.318. The fraction of sp³-hybridized carbons (Fsp3) is 0.889. The average Bonchev–Trinajstić information content (AvgIpc) is 2.53. The second-order valence-electron chi connectivity index (χ2n) is 4.45. The zero-order chi connectivity index (χ0) is 8.51. The summed E-state index contributed by atoms with van der Waals surface area (Å²) in [5, 5.41) is 0. The van der Waals surface area contributed by atoms with Gasteiger partial charge in [-0.05, 0) is 13.3 Å². The van der Waals surface area contributed by atoms with Gasteiger partial charge in [0.2, 0.25) is 0 Å². The van der Waals surface area contributed by atoms with E-state index in [9.17, 15) is 4.79 Å². The molecule has 3 nitrogen and oxygen atoms in total. The molecule has 3 aliphatic heterocycles. The molecule has 0 aromatic rings. The number of hydrogen-bond acceptors (Lipinski definition) is 3. The molecule has 3 rings (SSSR count). The van der Waals surface area contributed by atoms with Crippen LogP contribution in [0, 0.1) is 11.3 Å². The third-order valence-electron chi connectivity index (χ3n) is 3.69. The lowest BCUT2D eigenvalue weighted by molar-refractivity contribution is -0.147. The van der Waals surface area contributed by atoms with Crippen molar-refractivity contribution >= 4 is 5.97 Å². The third kappa shape index (κ3) is 0.505. The van der Waals surface area contributed by atoms with Crippen LogP contribution in [0.4, 0.5) is 0 Å². The summed E-state index contributed by atoms with van der Waals surface area (Å²) in [5.74, 6) is 0.346. The Hall–Kier alpha value is -0.570. The van der Waals surface area contributed by atoms with Crippen molar-refractivity contribution in [2.75, 3.05) is 0 Å². The summed E-state index contributed by atoms with van der Waals surface area (Å²) in [6, 6.07) is 0. The van der Waals surface area contributed by atoms with E-state index in [-0.39, 0.29) is 29.7 Å². The maximum Gasteiger partial charge on any atom is 0.315 e. The lowest BCUT2D eigenvalue weighted by Crippen LogP contribution is -2.36. The topological polar surface area (TPSA) is 35.5 Å². The van der Waals surface area contributed by atoms with Gasteiger partial charge in [0, 0.05) is 5.92 Å². The predicted octanol–water partition coefficient (Wildman–Crippen LogP) is 0.725. The highest BCUT2D eigenvalue weighted by molar-refractivity contribution is 5.81. The first-order valence-electron chi connectivity index (χ1n) is 4.49. The monoisotopic (exact) mass is 168 g/mol. The Kier molecular flexibility index (Phi) is 0.971. The lowest BCUT2D eigenvalue weighted by atomic mass is 9.73. The van der Waals surface area contributed by atoms with Gasteiger partial charge in [-0.15, -0.1) is 0 Å². The SMILES string of the molecule is C[C@H]1C2CC3(C)C(=O)OC1C3O2. The number of carbonyl (C=O) groups excluding carboxylic acids is 1. The molecule has 12 heavy (non-hydrogen) atoms. The zero-order valence-corrected chi connectivity index (χ0v) is 7.24. The Bertz CT molecular complexity index is 262. The first-order chi connectivity index (χ1) is 5.63. The molecule has 0 aliphatic carbocycles. The van der Waals surface area contributed by atoms with E-state index < -0.39 is 0 Å². The molecular formula is C9H12O3.